The van der Waals surface area contributed by atoms with E-state index < -0.39 is 0 Å². The Morgan fingerprint density at radius 3 is 1.45 bits per heavy atom. The molecule has 0 amide bonds. The van der Waals surface area contributed by atoms with Crippen LogP contribution in [0.1, 0.15) is 0 Å². The standard InChI is InChI=1S/C20H14.C8H7N/c1-3-11-17-15(7-1)9-5-13-19(17)20-14-6-10-16-8-2-4-12-18(16)20;1-2-4-8-7(3-1)5-6-9-8/h1-14H;1-6,9H. The molecule has 1 N–H and O–H groups in total. The fourth-order valence-corrected chi connectivity index (χ4v) is 3.92. The summed E-state index contributed by atoms with van der Waals surface area (Å²) in [7, 11) is 0. The summed E-state index contributed by atoms with van der Waals surface area (Å²) in [6.45, 7) is 0. The van der Waals surface area contributed by atoms with Crippen molar-refractivity contribution in [2.45, 2.75) is 0 Å². The number of H-pyrrole nitrogens is 1. The van der Waals surface area contributed by atoms with Gasteiger partial charge < -0.3 is 4.98 Å². The SMILES string of the molecule is c1ccc2[nH]ccc2c1.c1ccc2c(-c3cccc4ccccc34)cccc2c1. The Balaban J connectivity index is 0.000000168. The van der Waals surface area contributed by atoms with Gasteiger partial charge in [0.2, 0.25) is 0 Å². The minimum absolute atomic E-state index is 1.21. The third-order valence-corrected chi connectivity index (χ3v) is 5.33. The van der Waals surface area contributed by atoms with Gasteiger partial charge in [0.15, 0.2) is 0 Å². The van der Waals surface area contributed by atoms with Gasteiger partial charge in [0.05, 0.1) is 0 Å². The van der Waals surface area contributed by atoms with Crippen molar-refractivity contribution in [2.24, 2.45) is 0 Å². The molecule has 0 radical (unpaired) electrons. The van der Waals surface area contributed by atoms with Crippen LogP contribution in [0.3, 0.4) is 0 Å². The Hall–Kier alpha value is -3.84. The number of benzene rings is 5. The van der Waals surface area contributed by atoms with Gasteiger partial charge in [-0.05, 0) is 50.2 Å². The summed E-state index contributed by atoms with van der Waals surface area (Å²) >= 11 is 0. The van der Waals surface area contributed by atoms with Gasteiger partial charge in [-0.2, -0.15) is 0 Å². The fourth-order valence-electron chi connectivity index (χ4n) is 3.92. The number of nitrogens with one attached hydrogen (secondary N) is 1. The molecule has 1 aromatic heterocycles. The van der Waals surface area contributed by atoms with E-state index in [-0.39, 0.29) is 0 Å². The second kappa shape index (κ2) is 7.65. The first-order chi connectivity index (χ1) is 14.4. The number of para-hydroxylation sites is 1. The van der Waals surface area contributed by atoms with Crippen molar-refractivity contribution in [3.63, 3.8) is 0 Å². The largest absolute Gasteiger partial charge is 0.361 e. The maximum absolute atomic E-state index is 3.12. The van der Waals surface area contributed by atoms with Crippen LogP contribution >= 0.6 is 0 Å². The van der Waals surface area contributed by atoms with E-state index in [1.54, 1.807) is 0 Å². The highest BCUT2D eigenvalue weighted by Gasteiger charge is 2.06. The zero-order valence-corrected chi connectivity index (χ0v) is 16.0. The van der Waals surface area contributed by atoms with E-state index in [2.05, 4.69) is 108 Å². The summed E-state index contributed by atoms with van der Waals surface area (Å²) in [5.74, 6) is 0. The Kier molecular flexibility index (Phi) is 4.56. The van der Waals surface area contributed by atoms with Crippen molar-refractivity contribution in [3.8, 4) is 11.1 Å². The van der Waals surface area contributed by atoms with E-state index in [1.165, 1.54) is 43.6 Å². The minimum atomic E-state index is 1.21. The van der Waals surface area contributed by atoms with Crippen LogP contribution in [0.15, 0.2) is 121 Å². The molecule has 6 aromatic rings. The predicted octanol–water partition coefficient (Wildman–Crippen LogP) is 7.83. The highest BCUT2D eigenvalue weighted by molar-refractivity contribution is 6.05. The molecule has 1 nitrogen and oxygen atoms in total. The molecule has 0 saturated carbocycles. The molecule has 0 aliphatic heterocycles. The van der Waals surface area contributed by atoms with Gasteiger partial charge in [-0.15, -0.1) is 0 Å². The first-order valence-electron chi connectivity index (χ1n) is 9.88. The molecule has 0 aliphatic rings. The van der Waals surface area contributed by atoms with Crippen molar-refractivity contribution in [1.29, 1.82) is 0 Å². The van der Waals surface area contributed by atoms with Gasteiger partial charge in [0, 0.05) is 11.7 Å². The Morgan fingerprint density at radius 1 is 0.379 bits per heavy atom. The van der Waals surface area contributed by atoms with Crippen molar-refractivity contribution in [3.05, 3.63) is 121 Å². The van der Waals surface area contributed by atoms with Crippen molar-refractivity contribution in [2.75, 3.05) is 0 Å². The second-order valence-corrected chi connectivity index (χ2v) is 7.12. The number of fused-ring (bicyclic) bond motifs is 3. The van der Waals surface area contributed by atoms with Crippen LogP contribution < -0.4 is 0 Å². The van der Waals surface area contributed by atoms with E-state index in [4.69, 9.17) is 0 Å². The predicted molar refractivity (Wildman–Crippen MR) is 125 cm³/mol. The maximum Gasteiger partial charge on any atom is 0.0453 e. The van der Waals surface area contributed by atoms with Crippen LogP contribution in [0.2, 0.25) is 0 Å². The molecule has 29 heavy (non-hydrogen) atoms. The lowest BCUT2D eigenvalue weighted by molar-refractivity contribution is 1.48. The van der Waals surface area contributed by atoms with Crippen molar-refractivity contribution in [1.82, 2.24) is 4.98 Å². The molecule has 6 rings (SSSR count). The van der Waals surface area contributed by atoms with Crippen LogP contribution in [-0.2, 0) is 0 Å². The molecule has 0 bridgehead atoms. The molecule has 138 valence electrons. The molecule has 0 spiro atoms. The molecule has 0 unspecified atom stereocenters. The van der Waals surface area contributed by atoms with Crippen LogP contribution in [-0.4, -0.2) is 4.98 Å². The topological polar surface area (TPSA) is 15.8 Å². The quantitative estimate of drug-likeness (QED) is 0.303. The summed E-state index contributed by atoms with van der Waals surface area (Å²) in [5.41, 5.74) is 3.82. The molecule has 0 atom stereocenters. The third kappa shape index (κ3) is 3.39. The van der Waals surface area contributed by atoms with E-state index in [0.717, 1.165) is 0 Å². The van der Waals surface area contributed by atoms with Gasteiger partial charge in [-0.3, -0.25) is 0 Å². The Morgan fingerprint density at radius 2 is 0.862 bits per heavy atom. The molecule has 0 saturated heterocycles. The van der Waals surface area contributed by atoms with Crippen molar-refractivity contribution < 1.29 is 0 Å². The molecular formula is C28H21N. The van der Waals surface area contributed by atoms with Gasteiger partial charge >= 0.3 is 0 Å². The molecule has 1 heterocycles. The highest BCUT2D eigenvalue weighted by Crippen LogP contribution is 2.33. The maximum atomic E-state index is 3.12. The first kappa shape index (κ1) is 17.3. The summed E-state index contributed by atoms with van der Waals surface area (Å²) in [6, 6.07) is 40.5. The van der Waals surface area contributed by atoms with Crippen LogP contribution in [0, 0.1) is 0 Å². The zero-order chi connectivity index (χ0) is 19.5. The lowest BCUT2D eigenvalue weighted by Crippen LogP contribution is -1.83. The number of hydrogen-bond acceptors (Lipinski definition) is 0. The van der Waals surface area contributed by atoms with Crippen LogP contribution in [0.5, 0.6) is 0 Å². The van der Waals surface area contributed by atoms with Gasteiger partial charge in [0.1, 0.15) is 0 Å². The molecular weight excluding hydrogens is 350 g/mol. The van der Waals surface area contributed by atoms with Crippen LogP contribution in [0.25, 0.3) is 43.6 Å². The van der Waals surface area contributed by atoms with E-state index in [1.807, 2.05) is 18.3 Å². The highest BCUT2D eigenvalue weighted by atomic mass is 14.7. The van der Waals surface area contributed by atoms with Crippen molar-refractivity contribution >= 4 is 32.4 Å². The van der Waals surface area contributed by atoms with E-state index in [9.17, 15) is 0 Å². The number of aromatic amines is 1. The second-order valence-electron chi connectivity index (χ2n) is 7.12. The lowest BCUT2D eigenvalue weighted by atomic mass is 9.94. The minimum Gasteiger partial charge on any atom is -0.361 e. The monoisotopic (exact) mass is 371 g/mol. The van der Waals surface area contributed by atoms with Gasteiger partial charge in [0.25, 0.3) is 0 Å². The summed E-state index contributed by atoms with van der Waals surface area (Å²) in [6.07, 6.45) is 1.95. The fraction of sp³-hybridized carbons (Fsp3) is 0. The summed E-state index contributed by atoms with van der Waals surface area (Å²) < 4.78 is 0. The summed E-state index contributed by atoms with van der Waals surface area (Å²) in [4.78, 5) is 3.12. The molecule has 0 fully saturated rings. The molecule has 1 heteroatoms. The average Bonchev–Trinajstić information content (AvgIpc) is 3.28. The Bertz CT molecular complexity index is 1290. The Labute approximate surface area is 170 Å². The van der Waals surface area contributed by atoms with E-state index in [0.29, 0.717) is 0 Å². The molecule has 5 aromatic carbocycles. The van der Waals surface area contributed by atoms with Gasteiger partial charge in [-0.25, -0.2) is 0 Å². The zero-order valence-electron chi connectivity index (χ0n) is 16.0. The smallest absolute Gasteiger partial charge is 0.0453 e. The normalized spacial score (nSPS) is 10.8. The number of rotatable bonds is 1. The van der Waals surface area contributed by atoms with E-state index >= 15 is 0 Å². The number of aromatic nitrogens is 1. The average molecular weight is 371 g/mol. The number of hydrogen-bond donors (Lipinski definition) is 1. The first-order valence-corrected chi connectivity index (χ1v) is 9.88. The lowest BCUT2D eigenvalue weighted by Gasteiger charge is -2.10. The molecule has 0 aliphatic carbocycles. The van der Waals surface area contributed by atoms with Crippen LogP contribution in [0.4, 0.5) is 0 Å². The summed E-state index contributed by atoms with van der Waals surface area (Å²) in [5, 5.41) is 6.48. The third-order valence-electron chi connectivity index (χ3n) is 5.33. The van der Waals surface area contributed by atoms with Gasteiger partial charge in [-0.1, -0.05) is 103 Å².